The second-order valence-corrected chi connectivity index (χ2v) is 6.91. The first-order chi connectivity index (χ1) is 14.7. The molecule has 0 aliphatic heterocycles. The van der Waals surface area contributed by atoms with Crippen LogP contribution in [0.2, 0.25) is 0 Å². The zero-order chi connectivity index (χ0) is 21.2. The lowest BCUT2D eigenvalue weighted by atomic mass is 10.1. The monoisotopic (exact) mass is 402 g/mol. The van der Waals surface area contributed by atoms with Crippen molar-refractivity contribution in [2.24, 2.45) is 0 Å². The number of aryl methyl sites for hydroxylation is 1. The van der Waals surface area contributed by atoms with E-state index in [9.17, 15) is 9.59 Å². The van der Waals surface area contributed by atoms with Gasteiger partial charge >= 0.3 is 0 Å². The van der Waals surface area contributed by atoms with Gasteiger partial charge in [0.05, 0.1) is 12.2 Å². The van der Waals surface area contributed by atoms with Gasteiger partial charge in [0, 0.05) is 17.8 Å². The molecular formula is C25H26N2O3. The molecule has 0 radical (unpaired) electrons. The average Bonchev–Trinajstić information content (AvgIpc) is 2.77. The summed E-state index contributed by atoms with van der Waals surface area (Å²) in [6, 6.07) is 24.2. The third-order valence-corrected chi connectivity index (χ3v) is 4.48. The number of anilines is 2. The van der Waals surface area contributed by atoms with Gasteiger partial charge in [-0.05, 0) is 48.7 Å². The first-order valence-electron chi connectivity index (χ1n) is 10.1. The van der Waals surface area contributed by atoms with Crippen molar-refractivity contribution in [3.63, 3.8) is 0 Å². The number of hydrogen-bond acceptors (Lipinski definition) is 3. The van der Waals surface area contributed by atoms with Crippen molar-refractivity contribution in [1.29, 1.82) is 0 Å². The second kappa shape index (κ2) is 10.8. The van der Waals surface area contributed by atoms with Gasteiger partial charge < -0.3 is 15.4 Å². The molecule has 3 aromatic rings. The highest BCUT2D eigenvalue weighted by molar-refractivity contribution is 6.06. The minimum atomic E-state index is -0.255. The Bertz CT molecular complexity index is 986. The lowest BCUT2D eigenvalue weighted by Crippen LogP contribution is -2.15. The van der Waals surface area contributed by atoms with E-state index in [0.717, 1.165) is 12.0 Å². The quantitative estimate of drug-likeness (QED) is 0.510. The Morgan fingerprint density at radius 1 is 0.833 bits per heavy atom. The van der Waals surface area contributed by atoms with Crippen LogP contribution in [0.25, 0.3) is 0 Å². The Balaban J connectivity index is 1.60. The van der Waals surface area contributed by atoms with Crippen LogP contribution in [0.5, 0.6) is 5.75 Å². The number of para-hydroxylation sites is 1. The molecule has 5 heteroatoms. The minimum absolute atomic E-state index is 0.0689. The summed E-state index contributed by atoms with van der Waals surface area (Å²) in [4.78, 5) is 25.0. The molecule has 2 amide bonds. The Kier molecular flexibility index (Phi) is 7.61. The SMILES string of the molecule is CCCOc1ccccc1C(=O)Nc1cccc(NC(=O)CCc2ccccc2)c1. The summed E-state index contributed by atoms with van der Waals surface area (Å²) in [7, 11) is 0. The molecule has 5 nitrogen and oxygen atoms in total. The Morgan fingerprint density at radius 3 is 2.30 bits per heavy atom. The molecule has 3 aromatic carbocycles. The molecule has 2 N–H and O–H groups in total. The van der Waals surface area contributed by atoms with Gasteiger partial charge in [-0.1, -0.05) is 55.5 Å². The minimum Gasteiger partial charge on any atom is -0.493 e. The van der Waals surface area contributed by atoms with Crippen LogP contribution >= 0.6 is 0 Å². The molecule has 0 saturated carbocycles. The van der Waals surface area contributed by atoms with Crippen LogP contribution < -0.4 is 15.4 Å². The van der Waals surface area contributed by atoms with E-state index in [-0.39, 0.29) is 11.8 Å². The molecule has 154 valence electrons. The molecule has 3 rings (SSSR count). The lowest BCUT2D eigenvalue weighted by Gasteiger charge is -2.12. The van der Waals surface area contributed by atoms with Crippen molar-refractivity contribution in [2.45, 2.75) is 26.2 Å². The Labute approximate surface area is 177 Å². The van der Waals surface area contributed by atoms with Crippen LogP contribution in [0.15, 0.2) is 78.9 Å². The van der Waals surface area contributed by atoms with E-state index in [0.29, 0.717) is 42.1 Å². The average molecular weight is 402 g/mol. The zero-order valence-corrected chi connectivity index (χ0v) is 17.1. The second-order valence-electron chi connectivity index (χ2n) is 6.91. The van der Waals surface area contributed by atoms with Gasteiger partial charge in [-0.15, -0.1) is 0 Å². The fourth-order valence-electron chi connectivity index (χ4n) is 2.99. The molecule has 0 bridgehead atoms. The number of rotatable bonds is 9. The summed E-state index contributed by atoms with van der Waals surface area (Å²) >= 11 is 0. The molecule has 0 atom stereocenters. The molecular weight excluding hydrogens is 376 g/mol. The van der Waals surface area contributed by atoms with Gasteiger partial charge in [0.1, 0.15) is 5.75 Å². The van der Waals surface area contributed by atoms with E-state index in [1.54, 1.807) is 42.5 Å². The van der Waals surface area contributed by atoms with E-state index in [1.807, 2.05) is 43.3 Å². The molecule has 0 aromatic heterocycles. The smallest absolute Gasteiger partial charge is 0.259 e. The summed E-state index contributed by atoms with van der Waals surface area (Å²) < 4.78 is 5.67. The van der Waals surface area contributed by atoms with Crippen molar-refractivity contribution in [3.8, 4) is 5.75 Å². The third kappa shape index (κ3) is 6.21. The van der Waals surface area contributed by atoms with E-state index in [1.165, 1.54) is 0 Å². The molecule has 30 heavy (non-hydrogen) atoms. The van der Waals surface area contributed by atoms with Gasteiger partial charge in [-0.2, -0.15) is 0 Å². The summed E-state index contributed by atoms with van der Waals surface area (Å²) in [5, 5.41) is 5.77. The number of amides is 2. The molecule has 0 saturated heterocycles. The van der Waals surface area contributed by atoms with Crippen LogP contribution in [0.1, 0.15) is 35.7 Å². The van der Waals surface area contributed by atoms with E-state index in [4.69, 9.17) is 4.74 Å². The van der Waals surface area contributed by atoms with Crippen molar-refractivity contribution in [1.82, 2.24) is 0 Å². The van der Waals surface area contributed by atoms with Crippen molar-refractivity contribution in [2.75, 3.05) is 17.2 Å². The Morgan fingerprint density at radius 2 is 1.53 bits per heavy atom. The van der Waals surface area contributed by atoms with E-state index >= 15 is 0 Å². The van der Waals surface area contributed by atoms with E-state index < -0.39 is 0 Å². The molecule has 0 unspecified atom stereocenters. The number of hydrogen-bond donors (Lipinski definition) is 2. The maximum absolute atomic E-state index is 12.7. The molecule has 0 fully saturated rings. The number of benzene rings is 3. The highest BCUT2D eigenvalue weighted by Gasteiger charge is 2.13. The predicted octanol–water partition coefficient (Wildman–Crippen LogP) is 5.30. The first-order valence-corrected chi connectivity index (χ1v) is 10.1. The summed E-state index contributed by atoms with van der Waals surface area (Å²) in [6.45, 7) is 2.57. The maximum Gasteiger partial charge on any atom is 0.259 e. The molecule has 0 spiro atoms. The van der Waals surface area contributed by atoms with Gasteiger partial charge in [-0.3, -0.25) is 9.59 Å². The molecule has 0 heterocycles. The fraction of sp³-hybridized carbons (Fsp3) is 0.200. The van der Waals surface area contributed by atoms with Crippen molar-refractivity contribution in [3.05, 3.63) is 90.0 Å². The van der Waals surface area contributed by atoms with Gasteiger partial charge in [-0.25, -0.2) is 0 Å². The number of ether oxygens (including phenoxy) is 1. The van der Waals surface area contributed by atoms with Crippen LogP contribution in [-0.4, -0.2) is 18.4 Å². The lowest BCUT2D eigenvalue weighted by molar-refractivity contribution is -0.116. The van der Waals surface area contributed by atoms with Gasteiger partial charge in [0.25, 0.3) is 5.91 Å². The number of nitrogens with one attached hydrogen (secondary N) is 2. The molecule has 0 aliphatic rings. The van der Waals surface area contributed by atoms with Gasteiger partial charge in [0.15, 0.2) is 0 Å². The maximum atomic E-state index is 12.7. The highest BCUT2D eigenvalue weighted by atomic mass is 16.5. The largest absolute Gasteiger partial charge is 0.493 e. The van der Waals surface area contributed by atoms with Gasteiger partial charge in [0.2, 0.25) is 5.91 Å². The Hall–Kier alpha value is -3.60. The third-order valence-electron chi connectivity index (χ3n) is 4.48. The summed E-state index contributed by atoms with van der Waals surface area (Å²) in [6.07, 6.45) is 1.93. The predicted molar refractivity (Wildman–Crippen MR) is 120 cm³/mol. The van der Waals surface area contributed by atoms with Crippen molar-refractivity contribution < 1.29 is 14.3 Å². The van der Waals surface area contributed by atoms with E-state index in [2.05, 4.69) is 10.6 Å². The summed E-state index contributed by atoms with van der Waals surface area (Å²) in [5.74, 6) is 0.233. The number of carbonyl (C=O) groups is 2. The fourth-order valence-corrected chi connectivity index (χ4v) is 2.99. The van der Waals surface area contributed by atoms with Crippen molar-refractivity contribution >= 4 is 23.2 Å². The number of carbonyl (C=O) groups excluding carboxylic acids is 2. The highest BCUT2D eigenvalue weighted by Crippen LogP contribution is 2.21. The standard InChI is InChI=1S/C25H26N2O3/c1-2-17-30-23-14-7-6-13-22(23)25(29)27-21-12-8-11-20(18-21)26-24(28)16-15-19-9-4-3-5-10-19/h3-14,18H,2,15-17H2,1H3,(H,26,28)(H,27,29). The van der Waals surface area contributed by atoms with Crippen LogP contribution in [0.4, 0.5) is 11.4 Å². The van der Waals surface area contributed by atoms with Crippen LogP contribution in [0.3, 0.4) is 0 Å². The zero-order valence-electron chi connectivity index (χ0n) is 17.1. The normalized spacial score (nSPS) is 10.3. The van der Waals surface area contributed by atoms with Crippen LogP contribution in [-0.2, 0) is 11.2 Å². The molecule has 0 aliphatic carbocycles. The topological polar surface area (TPSA) is 67.4 Å². The summed E-state index contributed by atoms with van der Waals surface area (Å²) in [5.41, 5.74) is 2.84. The first kappa shape index (κ1) is 21.1. The van der Waals surface area contributed by atoms with Crippen LogP contribution in [0, 0.1) is 0 Å².